The molecule has 0 fully saturated rings. The van der Waals surface area contributed by atoms with Crippen molar-refractivity contribution in [3.05, 3.63) is 77.9 Å². The van der Waals surface area contributed by atoms with Crippen molar-refractivity contribution in [1.29, 1.82) is 0 Å². The molecule has 0 aliphatic rings. The highest BCUT2D eigenvalue weighted by atomic mass is 13.9. The van der Waals surface area contributed by atoms with Crippen LogP contribution in [0.3, 0.4) is 0 Å². The Kier molecular flexibility index (Phi) is 5.07. The second-order valence-electron chi connectivity index (χ2n) is 3.72. The quantitative estimate of drug-likeness (QED) is 0.643. The monoisotopic (exact) mass is 210 g/mol. The van der Waals surface area contributed by atoms with Crippen LogP contribution in [0.1, 0.15) is 16.7 Å². The van der Waals surface area contributed by atoms with Crippen LogP contribution in [0.2, 0.25) is 0 Å². The molecule has 0 aromatic heterocycles. The van der Waals surface area contributed by atoms with Gasteiger partial charge in [-0.15, -0.1) is 0 Å². The molecule has 2 aromatic rings. The van der Waals surface area contributed by atoms with Crippen LogP contribution in [0.4, 0.5) is 0 Å². The molecule has 0 unspecified atom stereocenters. The van der Waals surface area contributed by atoms with Gasteiger partial charge in [-0.3, -0.25) is 0 Å². The van der Waals surface area contributed by atoms with Gasteiger partial charge < -0.3 is 0 Å². The number of hydrogen-bond donors (Lipinski definition) is 0. The van der Waals surface area contributed by atoms with Crippen molar-refractivity contribution in [3.8, 4) is 0 Å². The van der Waals surface area contributed by atoms with Crippen molar-refractivity contribution >= 4 is 6.08 Å². The lowest BCUT2D eigenvalue weighted by atomic mass is 10.1. The molecule has 0 heteroatoms. The second-order valence-corrected chi connectivity index (χ2v) is 3.72. The molecule has 0 atom stereocenters. The lowest BCUT2D eigenvalue weighted by molar-refractivity contribution is 1.45. The molecule has 2 rings (SSSR count). The van der Waals surface area contributed by atoms with Gasteiger partial charge in [-0.1, -0.05) is 72.8 Å². The molecule has 0 aliphatic heterocycles. The molecular formula is C16H18. The Balaban J connectivity index is 0.000000165. The maximum absolute atomic E-state index is 3.69. The van der Waals surface area contributed by atoms with Crippen molar-refractivity contribution in [1.82, 2.24) is 0 Å². The molecule has 0 spiro atoms. The summed E-state index contributed by atoms with van der Waals surface area (Å²) < 4.78 is 0. The van der Waals surface area contributed by atoms with Gasteiger partial charge in [-0.05, 0) is 25.0 Å². The zero-order valence-electron chi connectivity index (χ0n) is 9.98. The van der Waals surface area contributed by atoms with Crippen LogP contribution < -0.4 is 0 Å². The largest absolute Gasteiger partial charge is 0.0985 e. The van der Waals surface area contributed by atoms with E-state index in [-0.39, 0.29) is 0 Å². The Morgan fingerprint density at radius 1 is 0.812 bits per heavy atom. The first-order valence-corrected chi connectivity index (χ1v) is 5.43. The van der Waals surface area contributed by atoms with Crippen LogP contribution >= 0.6 is 0 Å². The fourth-order valence-electron chi connectivity index (χ4n) is 1.35. The summed E-state index contributed by atoms with van der Waals surface area (Å²) in [6, 6.07) is 18.4. The smallest absolute Gasteiger partial charge is 0.0233 e. The van der Waals surface area contributed by atoms with Gasteiger partial charge in [0.2, 0.25) is 0 Å². The molecule has 82 valence electrons. The fraction of sp³-hybridized carbons (Fsp3) is 0.125. The third kappa shape index (κ3) is 4.14. The molecule has 0 amide bonds. The highest BCUT2D eigenvalue weighted by Gasteiger charge is 1.86. The summed E-state index contributed by atoms with van der Waals surface area (Å²) in [7, 11) is 0. The lowest BCUT2D eigenvalue weighted by Crippen LogP contribution is -1.75. The molecular weight excluding hydrogens is 192 g/mol. The Labute approximate surface area is 98.3 Å². The Morgan fingerprint density at radius 3 is 1.75 bits per heavy atom. The van der Waals surface area contributed by atoms with Crippen LogP contribution in [-0.4, -0.2) is 0 Å². The third-order valence-corrected chi connectivity index (χ3v) is 2.35. The number of rotatable bonds is 1. The van der Waals surface area contributed by atoms with Crippen LogP contribution in [0, 0.1) is 13.8 Å². The Hall–Kier alpha value is -1.82. The lowest BCUT2D eigenvalue weighted by Gasteiger charge is -1.95. The first-order valence-electron chi connectivity index (χ1n) is 5.43. The molecule has 0 nitrogen and oxygen atoms in total. The molecule has 16 heavy (non-hydrogen) atoms. The van der Waals surface area contributed by atoms with Crippen LogP contribution in [0.15, 0.2) is 61.2 Å². The maximum atomic E-state index is 3.69. The zero-order chi connectivity index (χ0) is 11.8. The predicted molar refractivity (Wildman–Crippen MR) is 72.4 cm³/mol. The van der Waals surface area contributed by atoms with E-state index in [0.717, 1.165) is 0 Å². The highest BCUT2D eigenvalue weighted by molar-refractivity contribution is 5.50. The van der Waals surface area contributed by atoms with E-state index in [0.29, 0.717) is 0 Å². The van der Waals surface area contributed by atoms with E-state index in [1.54, 1.807) is 0 Å². The summed E-state index contributed by atoms with van der Waals surface area (Å²) in [5.41, 5.74) is 3.83. The van der Waals surface area contributed by atoms with E-state index in [9.17, 15) is 0 Å². The predicted octanol–water partition coefficient (Wildman–Crippen LogP) is 4.63. The molecule has 0 bridgehead atoms. The van der Waals surface area contributed by atoms with Crippen LogP contribution in [0.25, 0.3) is 6.08 Å². The zero-order valence-corrected chi connectivity index (χ0v) is 9.98. The number of benzene rings is 2. The van der Waals surface area contributed by atoms with Crippen LogP contribution in [0.5, 0.6) is 0 Å². The summed E-state index contributed by atoms with van der Waals surface area (Å²) >= 11 is 0. The Bertz CT molecular complexity index is 427. The summed E-state index contributed by atoms with van der Waals surface area (Å²) in [6.45, 7) is 7.86. The van der Waals surface area contributed by atoms with Gasteiger partial charge in [0.25, 0.3) is 0 Å². The average Bonchev–Trinajstić information content (AvgIpc) is 2.31. The van der Waals surface area contributed by atoms with Crippen molar-refractivity contribution in [2.75, 3.05) is 0 Å². The second kappa shape index (κ2) is 6.62. The fourth-order valence-corrected chi connectivity index (χ4v) is 1.35. The minimum atomic E-state index is 1.22. The summed E-state index contributed by atoms with van der Waals surface area (Å²) in [6.07, 6.45) is 1.87. The van der Waals surface area contributed by atoms with Gasteiger partial charge in [-0.25, -0.2) is 0 Å². The van der Waals surface area contributed by atoms with E-state index < -0.39 is 0 Å². The van der Waals surface area contributed by atoms with E-state index in [2.05, 4.69) is 44.7 Å². The minimum absolute atomic E-state index is 1.22. The molecule has 0 heterocycles. The summed E-state index contributed by atoms with van der Waals surface area (Å²) in [5.74, 6) is 0. The van der Waals surface area contributed by atoms with Crippen molar-refractivity contribution in [3.63, 3.8) is 0 Å². The van der Waals surface area contributed by atoms with E-state index in [1.165, 1.54) is 16.7 Å². The summed E-state index contributed by atoms with van der Waals surface area (Å²) in [5, 5.41) is 0. The summed E-state index contributed by atoms with van der Waals surface area (Å²) in [4.78, 5) is 0. The van der Waals surface area contributed by atoms with Crippen LogP contribution in [-0.2, 0) is 0 Å². The molecule has 0 aliphatic carbocycles. The molecule has 0 saturated heterocycles. The standard InChI is InChI=1S/C9H10.C7H8/c1-3-9-7-5-4-6-8(9)2;1-7-5-3-2-4-6-7/h3-7H,1H2,2H3;2-6H,1H3. The minimum Gasteiger partial charge on any atom is -0.0985 e. The Morgan fingerprint density at radius 2 is 1.38 bits per heavy atom. The highest BCUT2D eigenvalue weighted by Crippen LogP contribution is 2.06. The van der Waals surface area contributed by atoms with Gasteiger partial charge in [0.05, 0.1) is 0 Å². The van der Waals surface area contributed by atoms with Crippen molar-refractivity contribution in [2.24, 2.45) is 0 Å². The van der Waals surface area contributed by atoms with Gasteiger partial charge >= 0.3 is 0 Å². The van der Waals surface area contributed by atoms with E-state index in [4.69, 9.17) is 0 Å². The van der Waals surface area contributed by atoms with Gasteiger partial charge in [0.15, 0.2) is 0 Å². The molecule has 0 radical (unpaired) electrons. The van der Waals surface area contributed by atoms with Crippen molar-refractivity contribution in [2.45, 2.75) is 13.8 Å². The molecule has 0 saturated carbocycles. The molecule has 2 aromatic carbocycles. The van der Waals surface area contributed by atoms with Gasteiger partial charge in [0, 0.05) is 0 Å². The normalized spacial score (nSPS) is 8.88. The number of aryl methyl sites for hydroxylation is 2. The first-order chi connectivity index (χ1) is 7.74. The topological polar surface area (TPSA) is 0 Å². The van der Waals surface area contributed by atoms with Crippen molar-refractivity contribution < 1.29 is 0 Å². The number of hydrogen-bond acceptors (Lipinski definition) is 0. The van der Waals surface area contributed by atoms with E-state index in [1.807, 2.05) is 36.4 Å². The van der Waals surface area contributed by atoms with E-state index >= 15 is 0 Å². The van der Waals surface area contributed by atoms with Gasteiger partial charge in [0.1, 0.15) is 0 Å². The third-order valence-electron chi connectivity index (χ3n) is 2.35. The molecule has 0 N–H and O–H groups in total. The SMILES string of the molecule is C=Cc1ccccc1C.Cc1ccccc1. The maximum Gasteiger partial charge on any atom is -0.0233 e. The van der Waals surface area contributed by atoms with Gasteiger partial charge in [-0.2, -0.15) is 0 Å². The average molecular weight is 210 g/mol. The first kappa shape index (κ1) is 12.3.